The van der Waals surface area contributed by atoms with Crippen LogP contribution in [0, 0.1) is 10.7 Å². The van der Waals surface area contributed by atoms with Crippen molar-refractivity contribution in [2.75, 3.05) is 45.8 Å². The monoisotopic (exact) mass is 337 g/mol. The molecule has 0 saturated heterocycles. The number of benzene rings is 1. The molecule has 0 aliphatic heterocycles. The Morgan fingerprint density at radius 2 is 1.74 bits per heavy atom. The Kier molecular flexibility index (Phi) is 8.75. The lowest BCUT2D eigenvalue weighted by atomic mass is 10.3. The van der Waals surface area contributed by atoms with E-state index >= 15 is 0 Å². The molecule has 0 saturated carbocycles. The molecule has 0 aromatic heterocycles. The van der Waals surface area contributed by atoms with E-state index in [1.807, 2.05) is 5.40 Å². The number of ether oxygens (including phenoxy) is 2. The van der Waals surface area contributed by atoms with Gasteiger partial charge in [-0.05, 0) is 36.0 Å². The van der Waals surface area contributed by atoms with Gasteiger partial charge in [0, 0.05) is 37.9 Å². The SMILES string of the molecule is COCCN(CCOC)C(=O)C(=O)Nc1ccc(SC#N)cc1. The molecule has 0 bridgehead atoms. The van der Waals surface area contributed by atoms with Crippen LogP contribution in [0.1, 0.15) is 0 Å². The number of nitrogens with one attached hydrogen (secondary N) is 1. The molecule has 1 aromatic carbocycles. The highest BCUT2D eigenvalue weighted by atomic mass is 32.2. The molecule has 8 heteroatoms. The minimum atomic E-state index is -0.724. The van der Waals surface area contributed by atoms with Gasteiger partial charge in [-0.3, -0.25) is 9.59 Å². The molecular formula is C15H19N3O4S. The van der Waals surface area contributed by atoms with Crippen LogP contribution in [0.15, 0.2) is 29.2 Å². The standard InChI is InChI=1S/C15H19N3O4S/c1-21-9-7-18(8-10-22-2)15(20)14(19)17-12-3-5-13(6-4-12)23-11-16/h3-6H,7-10H2,1-2H3,(H,17,19). The molecule has 124 valence electrons. The number of nitriles is 1. The molecule has 1 N–H and O–H groups in total. The topological polar surface area (TPSA) is 91.7 Å². The van der Waals surface area contributed by atoms with E-state index in [2.05, 4.69) is 5.32 Å². The number of anilines is 1. The summed E-state index contributed by atoms with van der Waals surface area (Å²) in [6, 6.07) is 6.67. The van der Waals surface area contributed by atoms with Crippen LogP contribution < -0.4 is 5.32 Å². The first-order chi connectivity index (χ1) is 11.1. The van der Waals surface area contributed by atoms with E-state index < -0.39 is 11.8 Å². The fourth-order valence-corrected chi connectivity index (χ4v) is 2.08. The number of hydrogen-bond acceptors (Lipinski definition) is 6. The summed E-state index contributed by atoms with van der Waals surface area (Å²) in [6.07, 6.45) is 0. The maximum absolute atomic E-state index is 12.2. The molecule has 0 aliphatic carbocycles. The van der Waals surface area contributed by atoms with Crippen molar-refractivity contribution in [1.29, 1.82) is 5.26 Å². The van der Waals surface area contributed by atoms with Crippen LogP contribution in [-0.4, -0.2) is 57.2 Å². The van der Waals surface area contributed by atoms with Crippen molar-refractivity contribution < 1.29 is 19.1 Å². The zero-order valence-corrected chi connectivity index (χ0v) is 13.9. The summed E-state index contributed by atoms with van der Waals surface area (Å²) in [7, 11) is 3.06. The second-order valence-electron chi connectivity index (χ2n) is 4.45. The molecule has 0 radical (unpaired) electrons. The van der Waals surface area contributed by atoms with E-state index in [-0.39, 0.29) is 0 Å². The molecule has 1 aromatic rings. The minimum Gasteiger partial charge on any atom is -0.383 e. The van der Waals surface area contributed by atoms with Gasteiger partial charge in [0.1, 0.15) is 5.40 Å². The van der Waals surface area contributed by atoms with Crippen LogP contribution in [0.2, 0.25) is 0 Å². The van der Waals surface area contributed by atoms with Gasteiger partial charge in [0.15, 0.2) is 0 Å². The third kappa shape index (κ3) is 6.69. The lowest BCUT2D eigenvalue weighted by molar-refractivity contribution is -0.144. The number of carbonyl (C=O) groups is 2. The average Bonchev–Trinajstić information content (AvgIpc) is 2.56. The van der Waals surface area contributed by atoms with E-state index in [1.54, 1.807) is 24.3 Å². The second-order valence-corrected chi connectivity index (χ2v) is 5.31. The first-order valence-electron chi connectivity index (χ1n) is 6.86. The Morgan fingerprint density at radius 3 is 2.22 bits per heavy atom. The summed E-state index contributed by atoms with van der Waals surface area (Å²) in [4.78, 5) is 26.4. The Morgan fingerprint density at radius 1 is 1.17 bits per heavy atom. The average molecular weight is 337 g/mol. The molecule has 1 rings (SSSR count). The lowest BCUT2D eigenvalue weighted by Gasteiger charge is -2.21. The van der Waals surface area contributed by atoms with E-state index in [1.165, 1.54) is 19.1 Å². The Labute approximate surface area is 139 Å². The first-order valence-corrected chi connectivity index (χ1v) is 7.68. The van der Waals surface area contributed by atoms with E-state index in [0.717, 1.165) is 16.7 Å². The van der Waals surface area contributed by atoms with Crippen molar-refractivity contribution in [1.82, 2.24) is 4.90 Å². The van der Waals surface area contributed by atoms with Crippen LogP contribution in [0.3, 0.4) is 0 Å². The van der Waals surface area contributed by atoms with Crippen LogP contribution >= 0.6 is 11.8 Å². The third-order valence-electron chi connectivity index (χ3n) is 2.89. The summed E-state index contributed by atoms with van der Waals surface area (Å²) < 4.78 is 9.88. The van der Waals surface area contributed by atoms with Crippen LogP contribution in [0.5, 0.6) is 0 Å². The predicted molar refractivity (Wildman–Crippen MR) is 86.9 cm³/mol. The summed E-state index contributed by atoms with van der Waals surface area (Å²) in [5.41, 5.74) is 0.490. The van der Waals surface area contributed by atoms with Crippen molar-refractivity contribution in [3.05, 3.63) is 24.3 Å². The van der Waals surface area contributed by atoms with Crippen LogP contribution in [0.25, 0.3) is 0 Å². The summed E-state index contributed by atoms with van der Waals surface area (Å²) in [5, 5.41) is 13.1. The second kappa shape index (κ2) is 10.6. The number of thioether (sulfide) groups is 1. The maximum atomic E-state index is 12.2. The zero-order chi connectivity index (χ0) is 17.1. The zero-order valence-electron chi connectivity index (χ0n) is 13.1. The van der Waals surface area contributed by atoms with Gasteiger partial charge in [0.05, 0.1) is 13.2 Å². The number of carbonyl (C=O) groups excluding carboxylic acids is 2. The summed E-state index contributed by atoms with van der Waals surface area (Å²) in [6.45, 7) is 1.29. The predicted octanol–water partition coefficient (Wildman–Crippen LogP) is 1.32. The normalized spacial score (nSPS) is 9.96. The van der Waals surface area contributed by atoms with Gasteiger partial charge in [-0.1, -0.05) is 0 Å². The molecule has 2 amide bonds. The van der Waals surface area contributed by atoms with Gasteiger partial charge in [0.25, 0.3) is 0 Å². The highest BCUT2D eigenvalue weighted by Gasteiger charge is 2.21. The smallest absolute Gasteiger partial charge is 0.313 e. The summed E-state index contributed by atoms with van der Waals surface area (Å²) in [5.74, 6) is -1.37. The van der Waals surface area contributed by atoms with Gasteiger partial charge in [0.2, 0.25) is 0 Å². The molecule has 0 spiro atoms. The quantitative estimate of drug-likeness (QED) is 0.437. The number of nitrogens with zero attached hydrogens (tertiary/aromatic N) is 2. The number of rotatable bonds is 8. The minimum absolute atomic E-state index is 0.309. The Bertz CT molecular complexity index is 549. The largest absolute Gasteiger partial charge is 0.383 e. The van der Waals surface area contributed by atoms with E-state index in [9.17, 15) is 9.59 Å². The fourth-order valence-electron chi connectivity index (χ4n) is 1.71. The molecule has 7 nitrogen and oxygen atoms in total. The molecular weight excluding hydrogens is 318 g/mol. The number of hydrogen-bond donors (Lipinski definition) is 1. The fraction of sp³-hybridized carbons (Fsp3) is 0.400. The number of methoxy groups -OCH3 is 2. The lowest BCUT2D eigenvalue weighted by Crippen LogP contribution is -2.43. The van der Waals surface area contributed by atoms with E-state index in [4.69, 9.17) is 14.7 Å². The van der Waals surface area contributed by atoms with Gasteiger partial charge < -0.3 is 19.7 Å². The van der Waals surface area contributed by atoms with Crippen molar-refractivity contribution >= 4 is 29.3 Å². The third-order valence-corrected chi connectivity index (χ3v) is 3.49. The molecule has 0 atom stereocenters. The maximum Gasteiger partial charge on any atom is 0.313 e. The number of amides is 2. The molecule has 0 fully saturated rings. The van der Waals surface area contributed by atoms with Crippen molar-refractivity contribution in [2.24, 2.45) is 0 Å². The molecule has 0 unspecified atom stereocenters. The van der Waals surface area contributed by atoms with Gasteiger partial charge >= 0.3 is 11.8 Å². The van der Waals surface area contributed by atoms with Crippen molar-refractivity contribution in [3.63, 3.8) is 0 Å². The highest BCUT2D eigenvalue weighted by molar-refractivity contribution is 8.03. The van der Waals surface area contributed by atoms with Crippen molar-refractivity contribution in [2.45, 2.75) is 4.90 Å². The van der Waals surface area contributed by atoms with Crippen LogP contribution in [-0.2, 0) is 19.1 Å². The van der Waals surface area contributed by atoms with E-state index in [0.29, 0.717) is 32.0 Å². The number of thiocyanates is 1. The van der Waals surface area contributed by atoms with Crippen LogP contribution in [0.4, 0.5) is 5.69 Å². The van der Waals surface area contributed by atoms with Gasteiger partial charge in [-0.25, -0.2) is 0 Å². The molecule has 23 heavy (non-hydrogen) atoms. The Balaban J connectivity index is 2.65. The molecule has 0 heterocycles. The first kappa shape index (κ1) is 19.0. The summed E-state index contributed by atoms with van der Waals surface area (Å²) >= 11 is 1.02. The molecule has 0 aliphatic rings. The van der Waals surface area contributed by atoms with Gasteiger partial charge in [-0.15, -0.1) is 0 Å². The Hall–Kier alpha value is -2.08. The van der Waals surface area contributed by atoms with Gasteiger partial charge in [-0.2, -0.15) is 5.26 Å². The highest BCUT2D eigenvalue weighted by Crippen LogP contribution is 2.18. The van der Waals surface area contributed by atoms with Crippen molar-refractivity contribution in [3.8, 4) is 5.40 Å².